The van der Waals surface area contributed by atoms with Gasteiger partial charge in [-0.05, 0) is 30.5 Å². The van der Waals surface area contributed by atoms with Crippen LogP contribution in [-0.2, 0) is 0 Å². The van der Waals surface area contributed by atoms with Crippen LogP contribution in [0.25, 0.3) is 0 Å². The molecule has 2 nitrogen and oxygen atoms in total. The normalized spacial score (nSPS) is 10.4. The number of hydrogen-bond donors (Lipinski definition) is 1. The lowest BCUT2D eigenvalue weighted by Crippen LogP contribution is -1.95. The molecule has 2 N–H and O–H groups in total. The Labute approximate surface area is 108 Å². The molecule has 2 aromatic rings. The van der Waals surface area contributed by atoms with Crippen LogP contribution in [0, 0.1) is 11.6 Å². The zero-order valence-corrected chi connectivity index (χ0v) is 10.4. The lowest BCUT2D eigenvalue weighted by atomic mass is 10.2. The van der Waals surface area contributed by atoms with Gasteiger partial charge in [0.1, 0.15) is 5.75 Å². The Morgan fingerprint density at radius 1 is 1.06 bits per heavy atom. The van der Waals surface area contributed by atoms with E-state index in [0.717, 1.165) is 17.0 Å². The fraction of sp³-hybridized carbons (Fsp3) is 0.0769. The van der Waals surface area contributed by atoms with Gasteiger partial charge >= 0.3 is 0 Å². The smallest absolute Gasteiger partial charge is 0.198 e. The first-order chi connectivity index (χ1) is 8.60. The van der Waals surface area contributed by atoms with E-state index in [2.05, 4.69) is 0 Å². The molecule has 0 radical (unpaired) electrons. The molecule has 0 bridgehead atoms. The van der Waals surface area contributed by atoms with E-state index < -0.39 is 17.4 Å². The Balaban J connectivity index is 2.28. The molecule has 0 aliphatic carbocycles. The van der Waals surface area contributed by atoms with Crippen LogP contribution < -0.4 is 10.5 Å². The minimum Gasteiger partial charge on any atom is -0.451 e. The number of thioether (sulfide) groups is 1. The van der Waals surface area contributed by atoms with E-state index in [1.807, 2.05) is 18.4 Å². The third kappa shape index (κ3) is 2.73. The Kier molecular flexibility index (Phi) is 3.72. The van der Waals surface area contributed by atoms with Gasteiger partial charge < -0.3 is 10.5 Å². The molecule has 0 aliphatic heterocycles. The van der Waals surface area contributed by atoms with Gasteiger partial charge in [0.15, 0.2) is 17.4 Å². The van der Waals surface area contributed by atoms with E-state index in [9.17, 15) is 8.78 Å². The molecule has 0 fully saturated rings. The molecule has 0 amide bonds. The highest BCUT2D eigenvalue weighted by atomic mass is 32.2. The summed E-state index contributed by atoms with van der Waals surface area (Å²) in [4.78, 5) is 1.04. The van der Waals surface area contributed by atoms with E-state index in [-0.39, 0.29) is 5.69 Å². The van der Waals surface area contributed by atoms with E-state index in [1.165, 1.54) is 0 Å². The van der Waals surface area contributed by atoms with Crippen LogP contribution >= 0.6 is 11.8 Å². The Bertz CT molecular complexity index is 534. The van der Waals surface area contributed by atoms with Crippen molar-refractivity contribution in [1.82, 2.24) is 0 Å². The summed E-state index contributed by atoms with van der Waals surface area (Å²) < 4.78 is 32.2. The standard InChI is InChI=1S/C13H11F2NOS/c1-18-10-4-2-9(3-5-10)17-13-11(14)6-8(16)7-12(13)15/h2-7H,16H2,1H3. The first kappa shape index (κ1) is 12.7. The summed E-state index contributed by atoms with van der Waals surface area (Å²) in [5.41, 5.74) is 5.34. The Hall–Kier alpha value is -1.75. The van der Waals surface area contributed by atoms with Crippen LogP contribution in [0.2, 0.25) is 0 Å². The van der Waals surface area contributed by atoms with Gasteiger partial charge in [0.05, 0.1) is 0 Å². The van der Waals surface area contributed by atoms with Crippen molar-refractivity contribution in [2.24, 2.45) is 0 Å². The summed E-state index contributed by atoms with van der Waals surface area (Å²) in [6, 6.07) is 8.98. The second-order valence-electron chi connectivity index (χ2n) is 3.59. The molecule has 94 valence electrons. The van der Waals surface area contributed by atoms with E-state index in [0.29, 0.717) is 5.75 Å². The number of ether oxygens (including phenoxy) is 1. The Morgan fingerprint density at radius 2 is 1.61 bits per heavy atom. The maximum atomic E-state index is 13.5. The maximum Gasteiger partial charge on any atom is 0.198 e. The largest absolute Gasteiger partial charge is 0.451 e. The highest BCUT2D eigenvalue weighted by molar-refractivity contribution is 7.98. The van der Waals surface area contributed by atoms with E-state index in [1.54, 1.807) is 23.9 Å². The highest BCUT2D eigenvalue weighted by Crippen LogP contribution is 2.30. The highest BCUT2D eigenvalue weighted by Gasteiger charge is 2.12. The molecule has 0 saturated heterocycles. The molecule has 0 aromatic heterocycles. The predicted molar refractivity (Wildman–Crippen MR) is 69.1 cm³/mol. The molecular formula is C13H11F2NOS. The minimum absolute atomic E-state index is 0.0232. The van der Waals surface area contributed by atoms with Gasteiger partial charge in [-0.2, -0.15) is 0 Å². The zero-order valence-electron chi connectivity index (χ0n) is 9.61. The number of nitrogens with two attached hydrogens (primary N) is 1. The lowest BCUT2D eigenvalue weighted by Gasteiger charge is -2.09. The van der Waals surface area contributed by atoms with Gasteiger partial charge in [-0.25, -0.2) is 8.78 Å². The molecule has 5 heteroatoms. The summed E-state index contributed by atoms with van der Waals surface area (Å²) in [6.45, 7) is 0. The van der Waals surface area contributed by atoms with Gasteiger partial charge in [0, 0.05) is 22.7 Å². The average Bonchev–Trinajstić information content (AvgIpc) is 2.34. The van der Waals surface area contributed by atoms with Gasteiger partial charge in [-0.15, -0.1) is 11.8 Å². The minimum atomic E-state index is -0.818. The average molecular weight is 267 g/mol. The van der Waals surface area contributed by atoms with Crippen LogP contribution in [-0.4, -0.2) is 6.26 Å². The predicted octanol–water partition coefficient (Wildman–Crippen LogP) is 4.06. The molecule has 2 rings (SSSR count). The third-order valence-electron chi connectivity index (χ3n) is 2.30. The van der Waals surface area contributed by atoms with Gasteiger partial charge in [-0.1, -0.05) is 0 Å². The second kappa shape index (κ2) is 5.27. The van der Waals surface area contributed by atoms with Crippen molar-refractivity contribution in [3.05, 3.63) is 48.0 Å². The molecule has 0 spiro atoms. The number of nitrogen functional groups attached to an aromatic ring is 1. The van der Waals surface area contributed by atoms with Gasteiger partial charge in [0.25, 0.3) is 0 Å². The van der Waals surface area contributed by atoms with Crippen molar-refractivity contribution in [3.8, 4) is 11.5 Å². The number of anilines is 1. The summed E-state index contributed by atoms with van der Waals surface area (Å²) in [6.07, 6.45) is 1.94. The second-order valence-corrected chi connectivity index (χ2v) is 4.47. The van der Waals surface area contributed by atoms with Crippen molar-refractivity contribution in [1.29, 1.82) is 0 Å². The number of halogens is 2. The summed E-state index contributed by atoms with van der Waals surface area (Å²) >= 11 is 1.57. The summed E-state index contributed by atoms with van der Waals surface area (Å²) in [5.74, 6) is -1.71. The molecule has 18 heavy (non-hydrogen) atoms. The molecule has 0 heterocycles. The zero-order chi connectivity index (χ0) is 13.1. The first-order valence-electron chi connectivity index (χ1n) is 5.16. The molecule has 0 unspecified atom stereocenters. The molecule has 0 aliphatic rings. The van der Waals surface area contributed by atoms with Gasteiger partial charge in [0.2, 0.25) is 0 Å². The van der Waals surface area contributed by atoms with Crippen molar-refractivity contribution in [2.75, 3.05) is 12.0 Å². The van der Waals surface area contributed by atoms with Crippen LogP contribution in [0.3, 0.4) is 0 Å². The third-order valence-corrected chi connectivity index (χ3v) is 3.04. The molecule has 2 aromatic carbocycles. The van der Waals surface area contributed by atoms with Gasteiger partial charge in [-0.3, -0.25) is 0 Å². The van der Waals surface area contributed by atoms with Crippen LogP contribution in [0.15, 0.2) is 41.3 Å². The summed E-state index contributed by atoms with van der Waals surface area (Å²) in [7, 11) is 0. The van der Waals surface area contributed by atoms with Crippen molar-refractivity contribution >= 4 is 17.4 Å². The van der Waals surface area contributed by atoms with Crippen molar-refractivity contribution in [2.45, 2.75) is 4.90 Å². The number of benzene rings is 2. The van der Waals surface area contributed by atoms with E-state index in [4.69, 9.17) is 10.5 Å². The maximum absolute atomic E-state index is 13.5. The fourth-order valence-electron chi connectivity index (χ4n) is 1.44. The molecule has 0 atom stereocenters. The number of rotatable bonds is 3. The monoisotopic (exact) mass is 267 g/mol. The van der Waals surface area contributed by atoms with Crippen molar-refractivity contribution < 1.29 is 13.5 Å². The van der Waals surface area contributed by atoms with E-state index >= 15 is 0 Å². The quantitative estimate of drug-likeness (QED) is 0.672. The molecular weight excluding hydrogens is 256 g/mol. The SMILES string of the molecule is CSc1ccc(Oc2c(F)cc(N)cc2F)cc1. The first-order valence-corrected chi connectivity index (χ1v) is 6.39. The number of hydrogen-bond acceptors (Lipinski definition) is 3. The summed E-state index contributed by atoms with van der Waals surface area (Å²) in [5, 5.41) is 0. The Morgan fingerprint density at radius 3 is 2.11 bits per heavy atom. The van der Waals surface area contributed by atoms with Crippen molar-refractivity contribution in [3.63, 3.8) is 0 Å². The molecule has 0 saturated carbocycles. The topological polar surface area (TPSA) is 35.2 Å². The fourth-order valence-corrected chi connectivity index (χ4v) is 1.85. The lowest BCUT2D eigenvalue weighted by molar-refractivity contribution is 0.407. The van der Waals surface area contributed by atoms with Crippen LogP contribution in [0.5, 0.6) is 11.5 Å². The van der Waals surface area contributed by atoms with Crippen LogP contribution in [0.4, 0.5) is 14.5 Å². The van der Waals surface area contributed by atoms with Crippen LogP contribution in [0.1, 0.15) is 0 Å².